The summed E-state index contributed by atoms with van der Waals surface area (Å²) < 4.78 is 16.7. The van der Waals surface area contributed by atoms with Gasteiger partial charge in [0.1, 0.15) is 13.2 Å². The van der Waals surface area contributed by atoms with E-state index in [9.17, 15) is 9.59 Å². The molecule has 0 bridgehead atoms. The molecule has 10 heteroatoms. The Balaban J connectivity index is 1.54. The van der Waals surface area contributed by atoms with Crippen molar-refractivity contribution < 1.29 is 33.7 Å². The molecule has 9 nitrogen and oxygen atoms in total. The summed E-state index contributed by atoms with van der Waals surface area (Å²) in [5.74, 6) is 0.340. The number of ether oxygens (including phenoxy) is 3. The molecule has 1 unspecified atom stereocenters. The zero-order valence-corrected chi connectivity index (χ0v) is 16.3. The summed E-state index contributed by atoms with van der Waals surface area (Å²) in [7, 11) is 0. The van der Waals surface area contributed by atoms with Crippen molar-refractivity contribution in [2.75, 3.05) is 39.5 Å². The number of carboxylic acid groups (broad SMARTS) is 1. The van der Waals surface area contributed by atoms with Gasteiger partial charge in [-0.3, -0.25) is 9.59 Å². The molecule has 1 aliphatic rings. The van der Waals surface area contributed by atoms with E-state index in [1.807, 2.05) is 24.6 Å². The Morgan fingerprint density at radius 3 is 2.93 bits per heavy atom. The van der Waals surface area contributed by atoms with Crippen LogP contribution in [-0.4, -0.2) is 62.6 Å². The number of hydrogen-bond acceptors (Lipinski definition) is 8. The van der Waals surface area contributed by atoms with Crippen molar-refractivity contribution in [3.05, 3.63) is 10.8 Å². The van der Waals surface area contributed by atoms with Gasteiger partial charge in [0.25, 0.3) is 0 Å². The van der Waals surface area contributed by atoms with Crippen molar-refractivity contribution in [2.45, 2.75) is 26.4 Å². The van der Waals surface area contributed by atoms with E-state index in [4.69, 9.17) is 24.2 Å². The van der Waals surface area contributed by atoms with Crippen LogP contribution in [0, 0.1) is 5.41 Å². The molecule has 0 saturated carbocycles. The summed E-state index contributed by atoms with van der Waals surface area (Å²) >= 11 is 1.51. The van der Waals surface area contributed by atoms with E-state index in [1.54, 1.807) is 0 Å². The van der Waals surface area contributed by atoms with Gasteiger partial charge in [0, 0.05) is 29.3 Å². The SMILES string of the molecule is CC(C)(CNC(=O)COCC1COc2cscc2O1)CONCCC(=O)O. The van der Waals surface area contributed by atoms with Crippen LogP contribution in [-0.2, 0) is 19.2 Å². The van der Waals surface area contributed by atoms with Crippen LogP contribution in [0.2, 0.25) is 0 Å². The number of carbonyl (C=O) groups is 2. The highest BCUT2D eigenvalue weighted by atomic mass is 32.1. The monoisotopic (exact) mass is 402 g/mol. The number of hydrogen-bond donors (Lipinski definition) is 3. The minimum Gasteiger partial charge on any atom is -0.485 e. The zero-order valence-electron chi connectivity index (χ0n) is 15.5. The molecule has 3 N–H and O–H groups in total. The molecule has 0 radical (unpaired) electrons. The number of fused-ring (bicyclic) bond motifs is 1. The highest BCUT2D eigenvalue weighted by Crippen LogP contribution is 2.35. The molecular formula is C17H26N2O7S. The first-order valence-corrected chi connectivity index (χ1v) is 9.56. The van der Waals surface area contributed by atoms with Gasteiger partial charge in [-0.2, -0.15) is 0 Å². The van der Waals surface area contributed by atoms with E-state index >= 15 is 0 Å². The second kappa shape index (κ2) is 10.5. The lowest BCUT2D eigenvalue weighted by atomic mass is 9.95. The predicted octanol–water partition coefficient (Wildman–Crippen LogP) is 1.04. The van der Waals surface area contributed by atoms with Crippen molar-refractivity contribution in [1.29, 1.82) is 0 Å². The first-order valence-electron chi connectivity index (χ1n) is 8.62. The van der Waals surface area contributed by atoms with Gasteiger partial charge in [0.2, 0.25) is 5.91 Å². The molecule has 1 aromatic rings. The normalized spacial score (nSPS) is 16.1. The number of rotatable bonds is 12. The minimum atomic E-state index is -0.890. The fraction of sp³-hybridized carbons (Fsp3) is 0.647. The minimum absolute atomic E-state index is 0.0159. The van der Waals surface area contributed by atoms with Crippen LogP contribution < -0.4 is 20.3 Å². The third-order valence-electron chi connectivity index (χ3n) is 3.62. The fourth-order valence-electron chi connectivity index (χ4n) is 2.14. The van der Waals surface area contributed by atoms with Gasteiger partial charge >= 0.3 is 5.97 Å². The number of carbonyl (C=O) groups excluding carboxylic acids is 1. The van der Waals surface area contributed by atoms with E-state index in [1.165, 1.54) is 11.3 Å². The molecule has 0 fully saturated rings. The van der Waals surface area contributed by atoms with Crippen molar-refractivity contribution in [3.63, 3.8) is 0 Å². The standard InChI is InChI=1S/C17H26N2O7S/c1-17(2,11-25-19-4-3-16(21)22)10-18-15(20)7-23-5-12-6-24-13-8-27-9-14(13)26-12/h8-9,12,19H,3-7,10-11H2,1-2H3,(H,18,20)(H,21,22). The highest BCUT2D eigenvalue weighted by Gasteiger charge is 2.23. The van der Waals surface area contributed by atoms with Crippen molar-refractivity contribution >= 4 is 23.2 Å². The Hall–Kier alpha value is -1.88. The summed E-state index contributed by atoms with van der Waals surface area (Å²) in [6.45, 7) is 5.40. The number of hydroxylamine groups is 1. The lowest BCUT2D eigenvalue weighted by Crippen LogP contribution is -2.40. The van der Waals surface area contributed by atoms with Crippen LogP contribution in [0.25, 0.3) is 0 Å². The second-order valence-corrected chi connectivity index (χ2v) is 7.68. The van der Waals surface area contributed by atoms with Gasteiger partial charge in [-0.05, 0) is 0 Å². The molecule has 0 aromatic carbocycles. The molecule has 1 atom stereocenters. The average molecular weight is 402 g/mol. The largest absolute Gasteiger partial charge is 0.485 e. The molecule has 27 heavy (non-hydrogen) atoms. The molecule has 0 aliphatic carbocycles. The molecule has 2 rings (SSSR count). The highest BCUT2D eigenvalue weighted by molar-refractivity contribution is 7.08. The quantitative estimate of drug-likeness (QED) is 0.351. The van der Waals surface area contributed by atoms with E-state index in [0.717, 1.165) is 5.75 Å². The predicted molar refractivity (Wildman–Crippen MR) is 98.0 cm³/mol. The maximum Gasteiger partial charge on any atom is 0.304 e. The average Bonchev–Trinajstić information content (AvgIpc) is 3.07. The summed E-state index contributed by atoms with van der Waals surface area (Å²) in [5, 5.41) is 15.1. The van der Waals surface area contributed by atoms with E-state index < -0.39 is 5.97 Å². The third-order valence-corrected chi connectivity index (χ3v) is 4.32. The van der Waals surface area contributed by atoms with Crippen LogP contribution in [0.4, 0.5) is 0 Å². The molecule has 2 heterocycles. The van der Waals surface area contributed by atoms with E-state index in [0.29, 0.717) is 25.5 Å². The van der Waals surface area contributed by atoms with Gasteiger partial charge in [-0.1, -0.05) is 13.8 Å². The van der Waals surface area contributed by atoms with Gasteiger partial charge in [-0.15, -0.1) is 11.3 Å². The van der Waals surface area contributed by atoms with Crippen molar-refractivity contribution in [3.8, 4) is 11.5 Å². The summed E-state index contributed by atoms with van der Waals surface area (Å²) in [6.07, 6.45) is -0.251. The number of thiophene rings is 1. The van der Waals surface area contributed by atoms with Crippen LogP contribution in [0.5, 0.6) is 11.5 Å². The van der Waals surface area contributed by atoms with Crippen LogP contribution >= 0.6 is 11.3 Å². The molecule has 1 aromatic heterocycles. The second-order valence-electron chi connectivity index (χ2n) is 6.93. The number of aliphatic carboxylic acids is 1. The summed E-state index contributed by atoms with van der Waals surface area (Å²) in [5.41, 5.74) is 2.28. The molecule has 0 saturated heterocycles. The lowest BCUT2D eigenvalue weighted by Gasteiger charge is -2.25. The topological polar surface area (TPSA) is 115 Å². The first-order chi connectivity index (χ1) is 12.9. The van der Waals surface area contributed by atoms with Gasteiger partial charge in [-0.25, -0.2) is 5.48 Å². The van der Waals surface area contributed by atoms with Gasteiger partial charge in [0.15, 0.2) is 17.6 Å². The Kier molecular flexibility index (Phi) is 8.29. The van der Waals surface area contributed by atoms with E-state index in [2.05, 4.69) is 10.8 Å². The first kappa shape index (κ1) is 21.4. The fourth-order valence-corrected chi connectivity index (χ4v) is 2.81. The van der Waals surface area contributed by atoms with E-state index in [-0.39, 0.29) is 43.6 Å². The van der Waals surface area contributed by atoms with Crippen molar-refractivity contribution in [1.82, 2.24) is 10.8 Å². The Labute approximate surface area is 161 Å². The van der Waals surface area contributed by atoms with Crippen LogP contribution in [0.1, 0.15) is 20.3 Å². The number of amides is 1. The summed E-state index contributed by atoms with van der Waals surface area (Å²) in [6, 6.07) is 0. The Morgan fingerprint density at radius 1 is 1.37 bits per heavy atom. The Morgan fingerprint density at radius 2 is 2.15 bits per heavy atom. The maximum absolute atomic E-state index is 11.9. The molecule has 0 spiro atoms. The molecule has 152 valence electrons. The summed E-state index contributed by atoms with van der Waals surface area (Å²) in [4.78, 5) is 27.5. The van der Waals surface area contributed by atoms with Gasteiger partial charge < -0.3 is 29.5 Å². The van der Waals surface area contributed by atoms with Gasteiger partial charge in [0.05, 0.1) is 19.6 Å². The molecule has 1 aliphatic heterocycles. The lowest BCUT2D eigenvalue weighted by molar-refractivity contribution is -0.137. The maximum atomic E-state index is 11.9. The van der Waals surface area contributed by atoms with Crippen molar-refractivity contribution in [2.24, 2.45) is 5.41 Å². The zero-order chi connectivity index (χ0) is 19.7. The number of nitrogens with one attached hydrogen (secondary N) is 2. The Bertz CT molecular complexity index is 620. The number of carboxylic acids is 1. The smallest absolute Gasteiger partial charge is 0.304 e. The third kappa shape index (κ3) is 8.12. The molecule has 1 amide bonds. The van der Waals surface area contributed by atoms with Crippen LogP contribution in [0.3, 0.4) is 0 Å². The molecular weight excluding hydrogens is 376 g/mol. The van der Waals surface area contributed by atoms with Crippen LogP contribution in [0.15, 0.2) is 10.8 Å².